The van der Waals surface area contributed by atoms with Crippen molar-refractivity contribution >= 4 is 18.3 Å². The van der Waals surface area contributed by atoms with Gasteiger partial charge in [0.25, 0.3) is 0 Å². The van der Waals surface area contributed by atoms with Crippen LogP contribution in [-0.4, -0.2) is 42.6 Å². The largest absolute Gasteiger partial charge is 0.378 e. The van der Waals surface area contributed by atoms with Crippen LogP contribution >= 0.6 is 12.4 Å². The number of nitrogens with zero attached hydrogens (tertiary/aromatic N) is 1. The van der Waals surface area contributed by atoms with Gasteiger partial charge in [0.15, 0.2) is 0 Å². The molecule has 0 spiro atoms. The van der Waals surface area contributed by atoms with E-state index in [4.69, 9.17) is 10.5 Å². The molecule has 4 atom stereocenters. The van der Waals surface area contributed by atoms with Crippen molar-refractivity contribution in [1.82, 2.24) is 4.90 Å². The average molecular weight is 333 g/mol. The van der Waals surface area contributed by atoms with E-state index in [1.807, 2.05) is 11.9 Å². The molecule has 0 bridgehead atoms. The van der Waals surface area contributed by atoms with Gasteiger partial charge in [-0.1, -0.05) is 13.8 Å². The summed E-state index contributed by atoms with van der Waals surface area (Å²) in [5, 5.41) is 0. The molecule has 4 unspecified atom stereocenters. The fourth-order valence-corrected chi connectivity index (χ4v) is 4.56. The lowest BCUT2D eigenvalue weighted by Gasteiger charge is -2.58. The first-order valence-corrected chi connectivity index (χ1v) is 8.63. The molecule has 0 aromatic carbocycles. The first-order chi connectivity index (χ1) is 10.00. The van der Waals surface area contributed by atoms with Gasteiger partial charge in [-0.25, -0.2) is 0 Å². The summed E-state index contributed by atoms with van der Waals surface area (Å²) in [6.45, 7) is 7.27. The lowest BCUT2D eigenvalue weighted by atomic mass is 9.58. The Morgan fingerprint density at radius 3 is 2.32 bits per heavy atom. The van der Waals surface area contributed by atoms with Crippen LogP contribution in [0.2, 0.25) is 0 Å². The summed E-state index contributed by atoms with van der Waals surface area (Å²) >= 11 is 0. The predicted molar refractivity (Wildman–Crippen MR) is 92.2 cm³/mol. The van der Waals surface area contributed by atoms with Crippen LogP contribution < -0.4 is 5.73 Å². The summed E-state index contributed by atoms with van der Waals surface area (Å²) in [7, 11) is 1.99. The maximum atomic E-state index is 12.7. The number of carbonyl (C=O) groups is 1. The van der Waals surface area contributed by atoms with E-state index < -0.39 is 0 Å². The zero-order valence-corrected chi connectivity index (χ0v) is 15.3. The van der Waals surface area contributed by atoms with Gasteiger partial charge >= 0.3 is 0 Å². The van der Waals surface area contributed by atoms with Crippen molar-refractivity contribution in [2.75, 3.05) is 13.7 Å². The van der Waals surface area contributed by atoms with Crippen LogP contribution in [0.5, 0.6) is 0 Å². The molecule has 2 saturated carbocycles. The van der Waals surface area contributed by atoms with Crippen molar-refractivity contribution in [2.45, 2.75) is 77.5 Å². The number of hydrogen-bond acceptors (Lipinski definition) is 3. The lowest BCUT2D eigenvalue weighted by Crippen LogP contribution is -2.65. The normalized spacial score (nSPS) is 33.0. The maximum absolute atomic E-state index is 12.7. The Hall–Kier alpha value is -0.320. The second-order valence-electron chi connectivity index (χ2n) is 6.85. The Kier molecular flexibility index (Phi) is 7.16. The van der Waals surface area contributed by atoms with Crippen molar-refractivity contribution in [2.24, 2.45) is 17.1 Å². The molecular weight excluding hydrogens is 300 g/mol. The molecule has 0 aliphatic heterocycles. The number of hydrogen-bond donors (Lipinski definition) is 1. The third-order valence-electron chi connectivity index (χ3n) is 6.06. The van der Waals surface area contributed by atoms with Crippen molar-refractivity contribution in [3.63, 3.8) is 0 Å². The fourth-order valence-electron chi connectivity index (χ4n) is 4.56. The number of amides is 1. The van der Waals surface area contributed by atoms with E-state index >= 15 is 0 Å². The molecule has 1 amide bonds. The maximum Gasteiger partial charge on any atom is 0.225 e. The Morgan fingerprint density at radius 2 is 1.86 bits per heavy atom. The van der Waals surface area contributed by atoms with E-state index in [1.54, 1.807) is 0 Å². The van der Waals surface area contributed by atoms with Crippen LogP contribution in [-0.2, 0) is 9.53 Å². The minimum Gasteiger partial charge on any atom is -0.378 e. The second kappa shape index (κ2) is 7.98. The molecule has 0 aromatic heterocycles. The van der Waals surface area contributed by atoms with Crippen molar-refractivity contribution < 1.29 is 9.53 Å². The second-order valence-corrected chi connectivity index (χ2v) is 6.85. The highest BCUT2D eigenvalue weighted by Gasteiger charge is 2.56. The number of rotatable bonds is 6. The van der Waals surface area contributed by atoms with Crippen molar-refractivity contribution in [3.05, 3.63) is 0 Å². The Balaban J connectivity index is 0.00000242. The molecular formula is C17H33ClN2O2. The van der Waals surface area contributed by atoms with Gasteiger partial charge in [-0.2, -0.15) is 0 Å². The SMILES string of the molecule is CCOC1CC(N(C)C(=O)C2CCC(N)C2)C1(CC)CC.Cl. The van der Waals surface area contributed by atoms with Gasteiger partial charge in [0, 0.05) is 37.1 Å². The first-order valence-electron chi connectivity index (χ1n) is 8.63. The van der Waals surface area contributed by atoms with Crippen molar-refractivity contribution in [3.8, 4) is 0 Å². The molecule has 2 aliphatic rings. The molecule has 0 heterocycles. The van der Waals surface area contributed by atoms with Gasteiger partial charge in [0.05, 0.1) is 6.10 Å². The van der Waals surface area contributed by atoms with E-state index in [0.29, 0.717) is 18.1 Å². The van der Waals surface area contributed by atoms with E-state index in [9.17, 15) is 4.79 Å². The Labute approximate surface area is 141 Å². The number of ether oxygens (including phenoxy) is 1. The van der Waals surface area contributed by atoms with Gasteiger partial charge in [0.2, 0.25) is 5.91 Å². The highest BCUT2D eigenvalue weighted by molar-refractivity contribution is 5.85. The minimum atomic E-state index is 0. The van der Waals surface area contributed by atoms with Gasteiger partial charge in [-0.15, -0.1) is 12.4 Å². The highest BCUT2D eigenvalue weighted by Crippen LogP contribution is 2.51. The predicted octanol–water partition coefficient (Wildman–Crippen LogP) is 2.98. The number of carbonyl (C=O) groups excluding carboxylic acids is 1. The van der Waals surface area contributed by atoms with Crippen LogP contribution in [0.15, 0.2) is 0 Å². The summed E-state index contributed by atoms with van der Waals surface area (Å²) in [6.07, 6.45) is 6.23. The van der Waals surface area contributed by atoms with E-state index in [-0.39, 0.29) is 29.8 Å². The molecule has 0 aromatic rings. The molecule has 22 heavy (non-hydrogen) atoms. The molecule has 2 aliphatic carbocycles. The summed E-state index contributed by atoms with van der Waals surface area (Å²) in [6, 6.07) is 0.542. The zero-order chi connectivity index (χ0) is 15.6. The third kappa shape index (κ3) is 3.29. The molecule has 130 valence electrons. The first kappa shape index (κ1) is 19.7. The molecule has 2 rings (SSSR count). The van der Waals surface area contributed by atoms with Crippen LogP contribution in [0.3, 0.4) is 0 Å². The molecule has 0 radical (unpaired) electrons. The van der Waals surface area contributed by atoms with E-state index in [2.05, 4.69) is 20.8 Å². The summed E-state index contributed by atoms with van der Waals surface area (Å²) in [5.74, 6) is 0.441. The zero-order valence-electron chi connectivity index (χ0n) is 14.5. The fraction of sp³-hybridized carbons (Fsp3) is 0.941. The van der Waals surface area contributed by atoms with Crippen molar-refractivity contribution in [1.29, 1.82) is 0 Å². The molecule has 2 N–H and O–H groups in total. The molecule has 4 nitrogen and oxygen atoms in total. The van der Waals surface area contributed by atoms with Gasteiger partial charge in [-0.05, 0) is 45.4 Å². The third-order valence-corrected chi connectivity index (χ3v) is 6.06. The smallest absolute Gasteiger partial charge is 0.225 e. The molecule has 2 fully saturated rings. The minimum absolute atomic E-state index is 0. The number of halogens is 1. The van der Waals surface area contributed by atoms with Crippen LogP contribution in [0.25, 0.3) is 0 Å². The quantitative estimate of drug-likeness (QED) is 0.813. The monoisotopic (exact) mass is 332 g/mol. The topological polar surface area (TPSA) is 55.6 Å². The van der Waals surface area contributed by atoms with Gasteiger partial charge in [0.1, 0.15) is 0 Å². The lowest BCUT2D eigenvalue weighted by molar-refractivity contribution is -0.179. The Morgan fingerprint density at radius 1 is 1.23 bits per heavy atom. The highest BCUT2D eigenvalue weighted by atomic mass is 35.5. The molecule has 5 heteroatoms. The van der Waals surface area contributed by atoms with Crippen LogP contribution in [0.1, 0.15) is 59.3 Å². The Bertz CT molecular complexity index is 374. The van der Waals surface area contributed by atoms with Crippen LogP contribution in [0, 0.1) is 11.3 Å². The summed E-state index contributed by atoms with van der Waals surface area (Å²) in [4.78, 5) is 14.8. The van der Waals surface area contributed by atoms with Gasteiger partial charge in [-0.3, -0.25) is 4.79 Å². The average Bonchev–Trinajstić information content (AvgIpc) is 2.90. The molecule has 0 saturated heterocycles. The standard InChI is InChI=1S/C17H32N2O2.ClH/c1-5-17(6-2)14(11-15(17)21-7-3)19(4)16(20)12-8-9-13(18)10-12;/h12-15H,5-11,18H2,1-4H3;1H. The van der Waals surface area contributed by atoms with Crippen LogP contribution in [0.4, 0.5) is 0 Å². The summed E-state index contributed by atoms with van der Waals surface area (Å²) in [5.41, 5.74) is 6.10. The van der Waals surface area contributed by atoms with E-state index in [1.165, 1.54) is 0 Å². The number of nitrogens with two attached hydrogens (primary N) is 1. The van der Waals surface area contributed by atoms with Gasteiger partial charge < -0.3 is 15.4 Å². The summed E-state index contributed by atoms with van der Waals surface area (Å²) < 4.78 is 5.92. The van der Waals surface area contributed by atoms with E-state index in [0.717, 1.165) is 45.1 Å².